The number of benzene rings is 2. The molecule has 0 aliphatic carbocycles. The maximum Gasteiger partial charge on any atom is 0.320 e. The number of hydrogen-bond acceptors (Lipinski definition) is 3. The number of nitrogens with one attached hydrogen (secondary N) is 1. The van der Waals surface area contributed by atoms with Gasteiger partial charge in [0.1, 0.15) is 18.4 Å². The Balaban J connectivity index is 2.09. The molecular formula is C17H17Cl2NO3. The lowest BCUT2D eigenvalue weighted by Gasteiger charge is -2.15. The summed E-state index contributed by atoms with van der Waals surface area (Å²) < 4.78 is 5.82. The van der Waals surface area contributed by atoms with Crippen molar-refractivity contribution < 1.29 is 14.6 Å². The second kappa shape index (κ2) is 8.20. The highest BCUT2D eigenvalue weighted by Crippen LogP contribution is 2.25. The zero-order chi connectivity index (χ0) is 16.8. The smallest absolute Gasteiger partial charge is 0.320 e. The normalized spacial score (nSPS) is 12.0. The van der Waals surface area contributed by atoms with Gasteiger partial charge in [0.2, 0.25) is 0 Å². The molecule has 2 aromatic rings. The molecule has 23 heavy (non-hydrogen) atoms. The predicted octanol–water partition coefficient (Wildman–Crippen LogP) is 4.14. The average Bonchev–Trinajstić information content (AvgIpc) is 2.52. The third-order valence-corrected chi connectivity index (χ3v) is 3.94. The molecule has 2 rings (SSSR count). The first-order valence-electron chi connectivity index (χ1n) is 7.08. The van der Waals surface area contributed by atoms with Gasteiger partial charge in [-0.25, -0.2) is 0 Å². The molecule has 1 unspecified atom stereocenters. The number of carboxylic acid groups (broad SMARTS) is 1. The van der Waals surface area contributed by atoms with Crippen molar-refractivity contribution in [3.63, 3.8) is 0 Å². The molecule has 4 nitrogen and oxygen atoms in total. The minimum Gasteiger partial charge on any atom is -0.489 e. The van der Waals surface area contributed by atoms with E-state index in [4.69, 9.17) is 33.0 Å². The van der Waals surface area contributed by atoms with Crippen LogP contribution in [0.1, 0.15) is 18.1 Å². The Kier molecular flexibility index (Phi) is 6.28. The van der Waals surface area contributed by atoms with Crippen LogP contribution >= 0.6 is 23.2 Å². The lowest BCUT2D eigenvalue weighted by atomic mass is 10.2. The second-order valence-electron chi connectivity index (χ2n) is 5.07. The summed E-state index contributed by atoms with van der Waals surface area (Å²) in [6.07, 6.45) is 0. The Labute approximate surface area is 145 Å². The standard InChI is InChI=1S/C17H17Cl2NO3/c1-11(17(21)22)20-9-13-8-14(18)6-7-16(13)23-10-12-4-2-3-5-15(12)19/h2-8,11,20H,9-10H2,1H3,(H,21,22). The van der Waals surface area contributed by atoms with Gasteiger partial charge in [0.25, 0.3) is 0 Å². The van der Waals surface area contributed by atoms with E-state index in [-0.39, 0.29) is 0 Å². The summed E-state index contributed by atoms with van der Waals surface area (Å²) in [4.78, 5) is 10.9. The minimum absolute atomic E-state index is 0.322. The molecule has 0 heterocycles. The Morgan fingerprint density at radius 1 is 1.22 bits per heavy atom. The molecule has 0 amide bonds. The van der Waals surface area contributed by atoms with Crippen molar-refractivity contribution in [2.24, 2.45) is 0 Å². The number of ether oxygens (including phenoxy) is 1. The van der Waals surface area contributed by atoms with Gasteiger partial charge in [-0.1, -0.05) is 41.4 Å². The fourth-order valence-electron chi connectivity index (χ4n) is 1.95. The average molecular weight is 354 g/mol. The quantitative estimate of drug-likeness (QED) is 0.785. The van der Waals surface area contributed by atoms with Crippen LogP contribution in [0.2, 0.25) is 10.0 Å². The van der Waals surface area contributed by atoms with E-state index in [2.05, 4.69) is 5.32 Å². The maximum absolute atomic E-state index is 10.9. The van der Waals surface area contributed by atoms with Gasteiger partial charge in [0.05, 0.1) is 0 Å². The molecule has 0 fully saturated rings. The van der Waals surface area contributed by atoms with Crippen LogP contribution in [0.5, 0.6) is 5.75 Å². The van der Waals surface area contributed by atoms with E-state index in [1.807, 2.05) is 18.2 Å². The molecule has 0 bridgehead atoms. The zero-order valence-electron chi connectivity index (χ0n) is 12.6. The number of hydrogen-bond donors (Lipinski definition) is 2. The summed E-state index contributed by atoms with van der Waals surface area (Å²) in [7, 11) is 0. The fourth-order valence-corrected chi connectivity index (χ4v) is 2.33. The first kappa shape index (κ1) is 17.6. The Morgan fingerprint density at radius 3 is 2.65 bits per heavy atom. The molecule has 0 aliphatic heterocycles. The van der Waals surface area contributed by atoms with Crippen LogP contribution in [0.4, 0.5) is 0 Å². The molecule has 2 N–H and O–H groups in total. The molecule has 0 spiro atoms. The van der Waals surface area contributed by atoms with E-state index < -0.39 is 12.0 Å². The molecule has 0 saturated heterocycles. The first-order chi connectivity index (χ1) is 11.0. The lowest BCUT2D eigenvalue weighted by Crippen LogP contribution is -2.33. The molecule has 122 valence electrons. The zero-order valence-corrected chi connectivity index (χ0v) is 14.1. The molecule has 0 saturated carbocycles. The number of aliphatic carboxylic acids is 1. The van der Waals surface area contributed by atoms with E-state index in [1.54, 1.807) is 31.2 Å². The van der Waals surface area contributed by atoms with Crippen molar-refractivity contribution in [1.82, 2.24) is 5.32 Å². The SMILES string of the molecule is CC(NCc1cc(Cl)ccc1OCc1ccccc1Cl)C(=O)O. The largest absolute Gasteiger partial charge is 0.489 e. The highest BCUT2D eigenvalue weighted by atomic mass is 35.5. The van der Waals surface area contributed by atoms with Crippen molar-refractivity contribution in [2.45, 2.75) is 26.1 Å². The molecule has 0 aliphatic rings. The summed E-state index contributed by atoms with van der Waals surface area (Å²) in [6, 6.07) is 12.0. The van der Waals surface area contributed by atoms with Gasteiger partial charge < -0.3 is 15.2 Å². The Morgan fingerprint density at radius 2 is 1.96 bits per heavy atom. The van der Waals surface area contributed by atoms with E-state index in [9.17, 15) is 4.79 Å². The van der Waals surface area contributed by atoms with Crippen LogP contribution in [0.15, 0.2) is 42.5 Å². The van der Waals surface area contributed by atoms with Gasteiger partial charge in [-0.2, -0.15) is 0 Å². The third-order valence-electron chi connectivity index (χ3n) is 3.33. The van der Waals surface area contributed by atoms with Crippen molar-refractivity contribution in [3.05, 3.63) is 63.6 Å². The Hall–Kier alpha value is -1.75. The summed E-state index contributed by atoms with van der Waals surface area (Å²) >= 11 is 12.1. The van der Waals surface area contributed by atoms with E-state index in [1.165, 1.54) is 0 Å². The number of carbonyl (C=O) groups is 1. The molecule has 0 aromatic heterocycles. The van der Waals surface area contributed by atoms with Crippen LogP contribution in [0, 0.1) is 0 Å². The number of rotatable bonds is 7. The lowest BCUT2D eigenvalue weighted by molar-refractivity contribution is -0.139. The van der Waals surface area contributed by atoms with Crippen LogP contribution < -0.4 is 10.1 Å². The summed E-state index contributed by atoms with van der Waals surface area (Å²) in [5.74, 6) is -0.273. The summed E-state index contributed by atoms with van der Waals surface area (Å²) in [5.41, 5.74) is 1.67. The van der Waals surface area contributed by atoms with Crippen LogP contribution in [0.3, 0.4) is 0 Å². The molecular weight excluding hydrogens is 337 g/mol. The monoisotopic (exact) mass is 353 g/mol. The molecule has 6 heteroatoms. The van der Waals surface area contributed by atoms with E-state index >= 15 is 0 Å². The van der Waals surface area contributed by atoms with Crippen molar-refractivity contribution in [1.29, 1.82) is 0 Å². The van der Waals surface area contributed by atoms with Crippen molar-refractivity contribution in [2.75, 3.05) is 0 Å². The van der Waals surface area contributed by atoms with Crippen molar-refractivity contribution in [3.8, 4) is 5.75 Å². The van der Waals surface area contributed by atoms with E-state index in [0.717, 1.165) is 11.1 Å². The first-order valence-corrected chi connectivity index (χ1v) is 7.84. The van der Waals surface area contributed by atoms with Gasteiger partial charge >= 0.3 is 5.97 Å². The van der Waals surface area contributed by atoms with Gasteiger partial charge in [-0.3, -0.25) is 4.79 Å². The maximum atomic E-state index is 10.9. The fraction of sp³-hybridized carbons (Fsp3) is 0.235. The van der Waals surface area contributed by atoms with Crippen molar-refractivity contribution >= 4 is 29.2 Å². The highest BCUT2D eigenvalue weighted by molar-refractivity contribution is 6.31. The van der Waals surface area contributed by atoms with Crippen LogP contribution in [-0.4, -0.2) is 17.1 Å². The van der Waals surface area contributed by atoms with Crippen LogP contribution in [-0.2, 0) is 17.9 Å². The van der Waals surface area contributed by atoms with Gasteiger partial charge in [0, 0.05) is 27.7 Å². The number of carboxylic acids is 1. The number of halogens is 2. The van der Waals surface area contributed by atoms with Gasteiger partial charge in [-0.15, -0.1) is 0 Å². The molecule has 2 aromatic carbocycles. The van der Waals surface area contributed by atoms with Gasteiger partial charge in [0.15, 0.2) is 0 Å². The van der Waals surface area contributed by atoms with Gasteiger partial charge in [-0.05, 0) is 31.2 Å². The van der Waals surface area contributed by atoms with Crippen LogP contribution in [0.25, 0.3) is 0 Å². The van der Waals surface area contributed by atoms with E-state index in [0.29, 0.717) is 28.9 Å². The minimum atomic E-state index is -0.912. The molecule has 1 atom stereocenters. The summed E-state index contributed by atoms with van der Waals surface area (Å²) in [5, 5.41) is 13.0. The summed E-state index contributed by atoms with van der Waals surface area (Å²) in [6.45, 7) is 2.24. The highest BCUT2D eigenvalue weighted by Gasteiger charge is 2.12. The molecule has 0 radical (unpaired) electrons. The predicted molar refractivity (Wildman–Crippen MR) is 91.2 cm³/mol. The topological polar surface area (TPSA) is 58.6 Å². The second-order valence-corrected chi connectivity index (χ2v) is 5.92. The Bertz CT molecular complexity index is 691. The third kappa shape index (κ3) is 5.13.